The van der Waals surface area contributed by atoms with Gasteiger partial charge in [-0.25, -0.2) is 0 Å². The molecule has 2 aromatic carbocycles. The Morgan fingerprint density at radius 3 is 1.75 bits per heavy atom. The summed E-state index contributed by atoms with van der Waals surface area (Å²) in [7, 11) is 0. The van der Waals surface area contributed by atoms with E-state index in [4.69, 9.17) is 5.73 Å². The monoisotopic (exact) mass is 365 g/mol. The maximum absolute atomic E-state index is 6.94. The second-order valence-electron chi connectivity index (χ2n) is 4.40. The summed E-state index contributed by atoms with van der Waals surface area (Å²) in [6.07, 6.45) is 0. The average molecular weight is 367 g/mol. The first-order chi connectivity index (χ1) is 7.47. The van der Waals surface area contributed by atoms with Crippen LogP contribution < -0.4 is 0 Å². The third-order valence-corrected chi connectivity index (χ3v) is 1.55. The van der Waals surface area contributed by atoms with E-state index >= 15 is 0 Å². The van der Waals surface area contributed by atoms with Gasteiger partial charge in [-0.3, -0.25) is 0 Å². The Balaban J connectivity index is -0.0000000616. The van der Waals surface area contributed by atoms with Gasteiger partial charge in [0.2, 0.25) is 0 Å². The van der Waals surface area contributed by atoms with E-state index in [1.165, 1.54) is 34.1 Å². The number of benzene rings is 1. The van der Waals surface area contributed by atoms with Crippen molar-refractivity contribution in [2.75, 3.05) is 0 Å². The predicted octanol–water partition coefficient (Wildman–Crippen LogP) is 5.81. The molecule has 0 heterocycles. The summed E-state index contributed by atoms with van der Waals surface area (Å²) >= 11 is 1.36. The van der Waals surface area contributed by atoms with E-state index < -0.39 is 0 Å². The molecule has 0 aliphatic heterocycles. The van der Waals surface area contributed by atoms with Crippen LogP contribution in [0.5, 0.6) is 0 Å². The van der Waals surface area contributed by atoms with E-state index in [1.807, 2.05) is 20.8 Å². The fourth-order valence-corrected chi connectivity index (χ4v) is 1.07. The topological polar surface area (TPSA) is 23.8 Å². The van der Waals surface area contributed by atoms with Crippen molar-refractivity contribution in [1.29, 1.82) is 0 Å². The third-order valence-electron chi connectivity index (χ3n) is 1.55. The molecule has 0 unspecified atom stereocenters. The summed E-state index contributed by atoms with van der Waals surface area (Å²) < 4.78 is 0. The van der Waals surface area contributed by atoms with E-state index in [-0.39, 0.29) is 35.2 Å². The number of hydrogen-bond donors (Lipinski definition) is 0. The largest absolute Gasteiger partial charge is 0.168 e. The second-order valence-corrected chi connectivity index (χ2v) is 4.40. The van der Waals surface area contributed by atoms with Crippen molar-refractivity contribution >= 4 is 17.7 Å². The van der Waals surface area contributed by atoms with E-state index in [0.29, 0.717) is 0 Å². The summed E-state index contributed by atoms with van der Waals surface area (Å²) in [6, 6.07) is 14.7. The Morgan fingerprint density at radius 2 is 1.35 bits per heavy atom. The van der Waals surface area contributed by atoms with Crippen molar-refractivity contribution < 1.29 is 23.3 Å². The van der Waals surface area contributed by atoms with Gasteiger partial charge in [-0.15, -0.1) is 35.2 Å². The molecule has 1 N–H and O–H groups in total. The molecule has 0 saturated heterocycles. The first-order valence-electron chi connectivity index (χ1n) is 5.07. The van der Waals surface area contributed by atoms with E-state index in [0.717, 1.165) is 0 Å². The fraction of sp³-hybridized carbons (Fsp3) is 0.235. The van der Waals surface area contributed by atoms with Crippen molar-refractivity contribution in [3.63, 3.8) is 0 Å². The minimum absolute atomic E-state index is 0. The smallest absolute Gasteiger partial charge is 0.0809 e. The van der Waals surface area contributed by atoms with Gasteiger partial charge in [0.15, 0.2) is 0 Å². The van der Waals surface area contributed by atoms with E-state index in [2.05, 4.69) is 49.3 Å². The number of nitrogens with one attached hydrogen (secondary N) is 1. The van der Waals surface area contributed by atoms with E-state index in [1.54, 1.807) is 0 Å². The van der Waals surface area contributed by atoms with Crippen molar-refractivity contribution in [2.24, 2.45) is 0 Å². The predicted molar refractivity (Wildman–Crippen MR) is 95.0 cm³/mol. The van der Waals surface area contributed by atoms with Crippen molar-refractivity contribution in [3.8, 4) is 0 Å². The molecule has 0 amide bonds. The minimum Gasteiger partial charge on any atom is -0.168 e. The van der Waals surface area contributed by atoms with Crippen LogP contribution in [0.4, 0.5) is 0 Å². The summed E-state index contributed by atoms with van der Waals surface area (Å²) in [4.78, 5) is 0. The fourth-order valence-electron chi connectivity index (χ4n) is 1.07. The molecule has 0 atom stereocenters. The van der Waals surface area contributed by atoms with Crippen molar-refractivity contribution in [2.45, 2.75) is 26.3 Å². The molecule has 1 nitrogen and oxygen atoms in total. The van der Waals surface area contributed by atoms with Gasteiger partial charge < -0.3 is 35.4 Å². The number of rotatable bonds is 0. The second kappa shape index (κ2) is 16.9. The minimum atomic E-state index is -0.250. The van der Waals surface area contributed by atoms with Crippen molar-refractivity contribution in [1.82, 2.24) is 0 Å². The van der Waals surface area contributed by atoms with Crippen LogP contribution in [0.1, 0.15) is 20.8 Å². The molecule has 0 bridgehead atoms. The zero-order chi connectivity index (χ0) is 12.6. The molecule has 0 spiro atoms. The van der Waals surface area contributed by atoms with Gasteiger partial charge in [0.05, 0.1) is 0 Å². The molecule has 116 valence electrons. The summed E-state index contributed by atoms with van der Waals surface area (Å²) in [5.41, 5.74) is 6.69. The Bertz CT molecular complexity index is 368. The first kappa shape index (κ1) is 32.0. The van der Waals surface area contributed by atoms with Gasteiger partial charge in [-0.05, 0) is 0 Å². The Kier molecular flexibility index (Phi) is 27.1. The molecule has 0 aliphatic carbocycles. The standard InChI is InChI=1S/C9H7.C4H10N.4CH3.Si.Zr/c1-2-5-9-7-3-6-8(9)4-1;1-4(2,3)5;;;;;;/h1-7H;5H,1-3H3;4*1H3;;/q6*-1;;. The van der Waals surface area contributed by atoms with Gasteiger partial charge in [-0.1, -0.05) is 26.8 Å². The quantitative estimate of drug-likeness (QED) is 0.415. The van der Waals surface area contributed by atoms with Crippen LogP contribution in [0.3, 0.4) is 0 Å². The van der Waals surface area contributed by atoms with Gasteiger partial charge in [0.25, 0.3) is 0 Å². The zero-order valence-electron chi connectivity index (χ0n) is 14.0. The molecule has 0 fully saturated rings. The van der Waals surface area contributed by atoms with Crippen LogP contribution in [-0.4, -0.2) is 12.4 Å². The molecular weight excluding hydrogens is 338 g/mol. The molecule has 20 heavy (non-hydrogen) atoms. The summed E-state index contributed by atoms with van der Waals surface area (Å²) in [5.74, 6) is 0. The molecule has 3 heteroatoms. The third kappa shape index (κ3) is 17.9. The van der Waals surface area contributed by atoms with Gasteiger partial charge in [0.1, 0.15) is 0 Å². The molecule has 2 rings (SSSR count). The van der Waals surface area contributed by atoms with Crippen LogP contribution in [0.2, 0.25) is 0 Å². The first-order valence-corrected chi connectivity index (χ1v) is 9.26. The van der Waals surface area contributed by atoms with Gasteiger partial charge in [0, 0.05) is 0 Å². The van der Waals surface area contributed by atoms with Crippen LogP contribution in [0.25, 0.3) is 16.5 Å². The maximum Gasteiger partial charge on any atom is -0.0809 e. The molecule has 0 aromatic heterocycles. The van der Waals surface area contributed by atoms with Crippen molar-refractivity contribution in [3.05, 3.63) is 77.9 Å². The maximum atomic E-state index is 6.94. The SMILES string of the molecule is CC(C)(C)[NH-].[CH3-].[CH3-].[CH3-].[CH3-].[Si]=[Zr].c1ccc2[cH-]ccc2c1. The van der Waals surface area contributed by atoms with Crippen LogP contribution >= 0.6 is 0 Å². The zero-order valence-corrected chi connectivity index (χ0v) is 17.5. The average Bonchev–Trinajstić information content (AvgIpc) is 2.66. The molecular formula is C17H29NSiZr-6. The molecule has 2 aromatic rings. The Labute approximate surface area is 144 Å². The number of fused-ring (bicyclic) bond motifs is 1. The van der Waals surface area contributed by atoms with Crippen LogP contribution in [0.15, 0.2) is 42.5 Å². The Hall–Kier alpha value is -0.110. The normalized spacial score (nSPS) is 7.75. The van der Waals surface area contributed by atoms with Gasteiger partial charge >= 0.3 is 30.2 Å². The van der Waals surface area contributed by atoms with Gasteiger partial charge in [-0.2, -0.15) is 17.5 Å². The summed E-state index contributed by atoms with van der Waals surface area (Å²) in [5, 5.41) is 2.66. The molecule has 2 radical (unpaired) electrons. The number of hydrogen-bond acceptors (Lipinski definition) is 0. The molecule has 0 aliphatic rings. The Morgan fingerprint density at radius 1 is 0.950 bits per heavy atom. The van der Waals surface area contributed by atoms with E-state index in [9.17, 15) is 0 Å². The summed E-state index contributed by atoms with van der Waals surface area (Å²) in [6.45, 7) is 8.62. The van der Waals surface area contributed by atoms with Crippen LogP contribution in [-0.2, 0) is 23.3 Å². The van der Waals surface area contributed by atoms with Crippen LogP contribution in [0, 0.1) is 29.7 Å². The molecule has 0 saturated carbocycles.